The molecule has 0 spiro atoms. The van der Waals surface area contributed by atoms with Gasteiger partial charge in [0.15, 0.2) is 5.75 Å². The third kappa shape index (κ3) is 4.72. The predicted octanol–water partition coefficient (Wildman–Crippen LogP) is 2.33. The summed E-state index contributed by atoms with van der Waals surface area (Å²) in [6.07, 6.45) is 4.25. The molecule has 6 heterocycles. The second kappa shape index (κ2) is 10.5. The number of likely N-dealkylation sites (N-methyl/N-ethyl adjacent to an activating group) is 1. The molecular weight excluding hydrogens is 482 g/mol. The fourth-order valence-corrected chi connectivity index (χ4v) is 6.03. The number of aromatic nitrogens is 2. The van der Waals surface area contributed by atoms with E-state index in [2.05, 4.69) is 50.8 Å². The maximum atomic E-state index is 11.9. The van der Waals surface area contributed by atoms with Gasteiger partial charge in [0, 0.05) is 63.7 Å². The van der Waals surface area contributed by atoms with E-state index in [1.165, 1.54) is 6.08 Å². The van der Waals surface area contributed by atoms with Crippen LogP contribution in [-0.4, -0.2) is 103 Å². The fraction of sp³-hybridized carbons (Fsp3) is 0.536. The summed E-state index contributed by atoms with van der Waals surface area (Å²) in [5.74, 6) is 1.66. The average molecular weight is 520 g/mol. The van der Waals surface area contributed by atoms with Crippen molar-refractivity contribution in [1.82, 2.24) is 24.7 Å². The van der Waals surface area contributed by atoms with Gasteiger partial charge in [0.25, 0.3) is 0 Å². The first kappa shape index (κ1) is 25.1. The monoisotopic (exact) mass is 519 g/mol. The second-order valence-corrected chi connectivity index (χ2v) is 10.6. The lowest BCUT2D eigenvalue weighted by atomic mass is 10.0. The Labute approximate surface area is 224 Å². The van der Waals surface area contributed by atoms with Crippen LogP contribution in [0.5, 0.6) is 5.75 Å². The van der Waals surface area contributed by atoms with Crippen LogP contribution in [0.15, 0.2) is 31.0 Å². The number of hydrogen-bond donors (Lipinski definition) is 1. The van der Waals surface area contributed by atoms with E-state index >= 15 is 0 Å². The van der Waals surface area contributed by atoms with E-state index in [-0.39, 0.29) is 11.9 Å². The molecule has 38 heavy (non-hydrogen) atoms. The number of likely N-dealkylation sites (tertiary alicyclic amines) is 1. The minimum absolute atomic E-state index is 0.0265. The lowest BCUT2D eigenvalue weighted by Crippen LogP contribution is -2.61. The molecule has 2 aromatic heterocycles. The average Bonchev–Trinajstić information content (AvgIpc) is 3.22. The Bertz CT molecular complexity index is 1210. The van der Waals surface area contributed by atoms with Gasteiger partial charge in [-0.1, -0.05) is 6.58 Å². The summed E-state index contributed by atoms with van der Waals surface area (Å²) in [7, 11) is 2.18. The van der Waals surface area contributed by atoms with Crippen LogP contribution in [0, 0.1) is 6.92 Å². The molecule has 1 amide bonds. The summed E-state index contributed by atoms with van der Waals surface area (Å²) in [6.45, 7) is 13.8. The molecule has 202 valence electrons. The van der Waals surface area contributed by atoms with Crippen LogP contribution in [0.2, 0.25) is 0 Å². The first-order chi connectivity index (χ1) is 18.5. The predicted molar refractivity (Wildman–Crippen MR) is 146 cm³/mol. The molecular formula is C28H37N7O3. The number of anilines is 3. The van der Waals surface area contributed by atoms with Crippen LogP contribution >= 0.6 is 0 Å². The normalized spacial score (nSPS) is 22.7. The van der Waals surface area contributed by atoms with Gasteiger partial charge < -0.3 is 24.6 Å². The number of carbonyl (C=O) groups is 1. The van der Waals surface area contributed by atoms with Crippen molar-refractivity contribution in [2.24, 2.45) is 0 Å². The standard InChI is InChI=1S/C28H37N7O3/c1-4-26(36)35-16-20(17-35)33-8-6-25(32(3)9-10-33)22-15-23-27(19(2)30-22)38-18-21-24(5-7-29-28(21)31-23)34-11-13-37-14-12-34/h4-5,7,15,20,25H,1,6,8-14,16-18H2,2-3H3,(H,29,31)/t25-/m0/s1. The van der Waals surface area contributed by atoms with Gasteiger partial charge in [-0.3, -0.25) is 19.6 Å². The molecule has 0 bridgehead atoms. The van der Waals surface area contributed by atoms with E-state index in [0.29, 0.717) is 12.6 Å². The minimum atomic E-state index is 0.0265. The number of carbonyl (C=O) groups excluding carboxylic acids is 1. The lowest BCUT2D eigenvalue weighted by molar-refractivity contribution is -0.133. The van der Waals surface area contributed by atoms with Crippen LogP contribution in [0.4, 0.5) is 17.2 Å². The number of ether oxygens (including phenoxy) is 2. The molecule has 10 heteroatoms. The molecule has 4 aliphatic heterocycles. The van der Waals surface area contributed by atoms with E-state index in [9.17, 15) is 4.79 Å². The number of hydrogen-bond acceptors (Lipinski definition) is 9. The number of amides is 1. The van der Waals surface area contributed by atoms with Crippen molar-refractivity contribution in [3.63, 3.8) is 0 Å². The number of nitrogens with zero attached hydrogens (tertiary/aromatic N) is 6. The number of fused-ring (bicyclic) bond motifs is 2. The Hall–Kier alpha value is -3.21. The topological polar surface area (TPSA) is 86.3 Å². The maximum Gasteiger partial charge on any atom is 0.246 e. The molecule has 0 radical (unpaired) electrons. The van der Waals surface area contributed by atoms with E-state index in [4.69, 9.17) is 14.5 Å². The molecule has 0 aliphatic carbocycles. The molecule has 3 fully saturated rings. The van der Waals surface area contributed by atoms with Gasteiger partial charge in [0.2, 0.25) is 5.91 Å². The van der Waals surface area contributed by atoms with E-state index in [1.807, 2.05) is 18.0 Å². The summed E-state index contributed by atoms with van der Waals surface area (Å²) in [5, 5.41) is 3.59. The zero-order valence-corrected chi connectivity index (χ0v) is 22.4. The Morgan fingerprint density at radius 3 is 2.79 bits per heavy atom. The van der Waals surface area contributed by atoms with Crippen molar-refractivity contribution in [3.05, 3.63) is 47.9 Å². The second-order valence-electron chi connectivity index (χ2n) is 10.6. The van der Waals surface area contributed by atoms with Gasteiger partial charge in [0.05, 0.1) is 41.9 Å². The molecule has 4 aliphatic rings. The quantitative estimate of drug-likeness (QED) is 0.612. The molecule has 10 nitrogen and oxygen atoms in total. The Morgan fingerprint density at radius 1 is 1.18 bits per heavy atom. The molecule has 0 unspecified atom stereocenters. The van der Waals surface area contributed by atoms with E-state index in [1.54, 1.807) is 0 Å². The molecule has 1 atom stereocenters. The van der Waals surface area contributed by atoms with E-state index < -0.39 is 0 Å². The van der Waals surface area contributed by atoms with Crippen molar-refractivity contribution in [2.45, 2.75) is 32.0 Å². The summed E-state index contributed by atoms with van der Waals surface area (Å²) in [6, 6.07) is 4.84. The van der Waals surface area contributed by atoms with Crippen molar-refractivity contribution >= 4 is 23.1 Å². The fourth-order valence-electron chi connectivity index (χ4n) is 6.03. The molecule has 3 saturated heterocycles. The van der Waals surface area contributed by atoms with Gasteiger partial charge in [-0.2, -0.15) is 0 Å². The van der Waals surface area contributed by atoms with Crippen molar-refractivity contribution in [2.75, 3.05) is 76.3 Å². The van der Waals surface area contributed by atoms with Crippen LogP contribution in [0.1, 0.15) is 29.4 Å². The highest BCUT2D eigenvalue weighted by Gasteiger charge is 2.36. The number of aryl methyl sites for hydroxylation is 1. The highest BCUT2D eigenvalue weighted by atomic mass is 16.5. The van der Waals surface area contributed by atoms with Crippen molar-refractivity contribution in [1.29, 1.82) is 0 Å². The Kier molecular flexibility index (Phi) is 6.94. The third-order valence-electron chi connectivity index (χ3n) is 8.33. The molecule has 0 saturated carbocycles. The smallest absolute Gasteiger partial charge is 0.246 e. The number of pyridine rings is 2. The van der Waals surface area contributed by atoms with Crippen LogP contribution in [0.25, 0.3) is 0 Å². The molecule has 0 aromatic carbocycles. The lowest BCUT2D eigenvalue weighted by Gasteiger charge is -2.44. The summed E-state index contributed by atoms with van der Waals surface area (Å²) in [4.78, 5) is 30.7. The number of nitrogens with one attached hydrogen (secondary N) is 1. The minimum Gasteiger partial charge on any atom is -0.485 e. The van der Waals surface area contributed by atoms with Gasteiger partial charge in [0.1, 0.15) is 12.4 Å². The zero-order chi connectivity index (χ0) is 26.2. The van der Waals surface area contributed by atoms with Crippen LogP contribution in [0.3, 0.4) is 0 Å². The van der Waals surface area contributed by atoms with Crippen molar-refractivity contribution in [3.8, 4) is 5.75 Å². The number of morpholine rings is 1. The molecule has 6 rings (SSSR count). The number of rotatable bonds is 4. The first-order valence-electron chi connectivity index (χ1n) is 13.6. The first-order valence-corrected chi connectivity index (χ1v) is 13.6. The highest BCUT2D eigenvalue weighted by Crippen LogP contribution is 2.40. The molecule has 2 aromatic rings. The van der Waals surface area contributed by atoms with E-state index in [0.717, 1.165) is 105 Å². The Morgan fingerprint density at radius 2 is 2.00 bits per heavy atom. The summed E-state index contributed by atoms with van der Waals surface area (Å²) < 4.78 is 11.9. The van der Waals surface area contributed by atoms with Gasteiger partial charge >= 0.3 is 0 Å². The third-order valence-corrected chi connectivity index (χ3v) is 8.33. The summed E-state index contributed by atoms with van der Waals surface area (Å²) >= 11 is 0. The highest BCUT2D eigenvalue weighted by molar-refractivity contribution is 5.87. The zero-order valence-electron chi connectivity index (χ0n) is 22.4. The van der Waals surface area contributed by atoms with Crippen LogP contribution in [-0.2, 0) is 16.1 Å². The SMILES string of the molecule is C=CC(=O)N1CC(N2CC[C@@H](c3cc4c(c(C)n3)OCc3c(N5CCOCC5)ccnc3N4)N(C)CC2)C1. The molecule has 1 N–H and O–H groups in total. The largest absolute Gasteiger partial charge is 0.485 e. The van der Waals surface area contributed by atoms with Gasteiger partial charge in [-0.05, 0) is 38.6 Å². The Balaban J connectivity index is 1.21. The maximum absolute atomic E-state index is 11.9. The van der Waals surface area contributed by atoms with Gasteiger partial charge in [-0.15, -0.1) is 0 Å². The van der Waals surface area contributed by atoms with Crippen LogP contribution < -0.4 is 15.0 Å². The summed E-state index contributed by atoms with van der Waals surface area (Å²) in [5.41, 5.74) is 5.07. The van der Waals surface area contributed by atoms with Gasteiger partial charge in [-0.25, -0.2) is 4.98 Å². The van der Waals surface area contributed by atoms with Crippen molar-refractivity contribution < 1.29 is 14.3 Å².